The summed E-state index contributed by atoms with van der Waals surface area (Å²) in [4.78, 5) is 8.12. The van der Waals surface area contributed by atoms with E-state index in [2.05, 4.69) is 15.3 Å². The highest BCUT2D eigenvalue weighted by Gasteiger charge is 2.30. The highest BCUT2D eigenvalue weighted by atomic mass is 35.5. The number of rotatable bonds is 5. The van der Waals surface area contributed by atoms with Crippen molar-refractivity contribution in [3.8, 4) is 0 Å². The molecule has 7 heteroatoms. The number of halogens is 4. The van der Waals surface area contributed by atoms with Gasteiger partial charge in [0.25, 0.3) is 0 Å². The number of nitrogens with one attached hydrogen (secondary N) is 1. The summed E-state index contributed by atoms with van der Waals surface area (Å²) >= 11 is 5.79. The van der Waals surface area contributed by atoms with Gasteiger partial charge in [-0.1, -0.05) is 18.5 Å². The average molecular weight is 282 g/mol. The fourth-order valence-electron chi connectivity index (χ4n) is 1.52. The van der Waals surface area contributed by atoms with Crippen LogP contribution in [0.25, 0.3) is 0 Å². The highest BCUT2D eigenvalue weighted by Crippen LogP contribution is 2.23. The minimum Gasteiger partial charge on any atom is -0.367 e. The van der Waals surface area contributed by atoms with Gasteiger partial charge in [0.15, 0.2) is 0 Å². The number of aryl methyl sites for hydroxylation is 1. The number of aromatic nitrogens is 2. The lowest BCUT2D eigenvalue weighted by atomic mass is 10.2. The van der Waals surface area contributed by atoms with Crippen LogP contribution in [0, 0.1) is 0 Å². The van der Waals surface area contributed by atoms with Crippen molar-refractivity contribution < 1.29 is 13.2 Å². The molecule has 1 aromatic rings. The van der Waals surface area contributed by atoms with E-state index in [9.17, 15) is 13.2 Å². The van der Waals surface area contributed by atoms with Crippen LogP contribution in [0.4, 0.5) is 19.0 Å². The molecule has 0 radical (unpaired) electrons. The van der Waals surface area contributed by atoms with E-state index >= 15 is 0 Å². The Morgan fingerprint density at radius 2 is 2.06 bits per heavy atom. The molecule has 0 spiro atoms. The van der Waals surface area contributed by atoms with Crippen LogP contribution in [0.15, 0.2) is 6.07 Å². The maximum atomic E-state index is 12.2. The maximum absolute atomic E-state index is 12.2. The molecule has 18 heavy (non-hydrogen) atoms. The summed E-state index contributed by atoms with van der Waals surface area (Å²) < 4.78 is 36.6. The highest BCUT2D eigenvalue weighted by molar-refractivity contribution is 6.29. The number of alkyl halides is 3. The molecule has 0 bridgehead atoms. The van der Waals surface area contributed by atoms with Gasteiger partial charge in [-0.25, -0.2) is 9.97 Å². The smallest absolute Gasteiger partial charge is 0.367 e. The first-order valence-electron chi connectivity index (χ1n) is 5.67. The van der Waals surface area contributed by atoms with E-state index in [0.29, 0.717) is 18.1 Å². The van der Waals surface area contributed by atoms with Crippen molar-refractivity contribution in [2.45, 2.75) is 45.3 Å². The van der Waals surface area contributed by atoms with Gasteiger partial charge in [-0.15, -0.1) is 0 Å². The first-order chi connectivity index (χ1) is 8.30. The van der Waals surface area contributed by atoms with Gasteiger partial charge in [0.1, 0.15) is 16.8 Å². The SMILES string of the molecule is CCCc1nc(Cl)cc(NC(C)CC(F)(F)F)n1. The van der Waals surface area contributed by atoms with Crippen molar-refractivity contribution in [2.24, 2.45) is 0 Å². The van der Waals surface area contributed by atoms with Crippen LogP contribution in [0.3, 0.4) is 0 Å². The van der Waals surface area contributed by atoms with Crippen molar-refractivity contribution in [2.75, 3.05) is 5.32 Å². The van der Waals surface area contributed by atoms with Gasteiger partial charge in [-0.2, -0.15) is 13.2 Å². The summed E-state index contributed by atoms with van der Waals surface area (Å²) in [6.07, 6.45) is -3.63. The van der Waals surface area contributed by atoms with Gasteiger partial charge in [0.2, 0.25) is 0 Å². The van der Waals surface area contributed by atoms with Gasteiger partial charge in [-0.05, 0) is 13.3 Å². The molecule has 1 unspecified atom stereocenters. The minimum absolute atomic E-state index is 0.232. The third-order valence-corrected chi connectivity index (χ3v) is 2.34. The van der Waals surface area contributed by atoms with Crippen LogP contribution >= 0.6 is 11.6 Å². The minimum atomic E-state index is -4.20. The summed E-state index contributed by atoms with van der Waals surface area (Å²) in [7, 11) is 0. The summed E-state index contributed by atoms with van der Waals surface area (Å²) in [5, 5.41) is 2.91. The molecule has 0 saturated carbocycles. The van der Waals surface area contributed by atoms with Crippen molar-refractivity contribution in [3.05, 3.63) is 17.0 Å². The standard InChI is InChI=1S/C11H15ClF3N3/c1-3-4-9-17-8(12)5-10(18-9)16-7(2)6-11(13,14)15/h5,7H,3-4,6H2,1-2H3,(H,16,17,18). The van der Waals surface area contributed by atoms with Crippen LogP contribution in [0.5, 0.6) is 0 Å². The van der Waals surface area contributed by atoms with Crippen LogP contribution in [-0.2, 0) is 6.42 Å². The lowest BCUT2D eigenvalue weighted by molar-refractivity contribution is -0.136. The molecular formula is C11H15ClF3N3. The molecule has 1 atom stereocenters. The summed E-state index contributed by atoms with van der Waals surface area (Å²) in [6, 6.07) is 0.665. The van der Waals surface area contributed by atoms with Crippen LogP contribution < -0.4 is 5.32 Å². The van der Waals surface area contributed by atoms with Crippen LogP contribution in [0.1, 0.15) is 32.5 Å². The van der Waals surface area contributed by atoms with Gasteiger partial charge < -0.3 is 5.32 Å². The Balaban J connectivity index is 2.71. The Bertz CT molecular complexity index is 396. The number of anilines is 1. The lowest BCUT2D eigenvalue weighted by Crippen LogP contribution is -2.24. The Morgan fingerprint density at radius 1 is 1.39 bits per heavy atom. The van der Waals surface area contributed by atoms with Crippen LogP contribution in [-0.4, -0.2) is 22.2 Å². The largest absolute Gasteiger partial charge is 0.391 e. The topological polar surface area (TPSA) is 37.8 Å². The molecule has 1 heterocycles. The zero-order valence-corrected chi connectivity index (χ0v) is 10.9. The normalized spacial score (nSPS) is 13.4. The summed E-state index contributed by atoms with van der Waals surface area (Å²) in [5.41, 5.74) is 0. The van der Waals surface area contributed by atoms with E-state index in [1.165, 1.54) is 13.0 Å². The molecule has 0 amide bonds. The summed E-state index contributed by atoms with van der Waals surface area (Å²) in [6.45, 7) is 3.41. The van der Waals surface area contributed by atoms with Crippen molar-refractivity contribution >= 4 is 17.4 Å². The molecule has 0 aliphatic heterocycles. The Hall–Kier alpha value is -1.04. The van der Waals surface area contributed by atoms with Crippen LogP contribution in [0.2, 0.25) is 5.15 Å². The molecule has 0 aliphatic carbocycles. The van der Waals surface area contributed by atoms with E-state index in [1.54, 1.807) is 0 Å². The van der Waals surface area contributed by atoms with Crippen molar-refractivity contribution in [1.82, 2.24) is 9.97 Å². The second-order valence-electron chi connectivity index (χ2n) is 4.11. The molecular weight excluding hydrogens is 267 g/mol. The zero-order chi connectivity index (χ0) is 13.8. The molecule has 0 aromatic carbocycles. The zero-order valence-electron chi connectivity index (χ0n) is 10.2. The molecule has 102 valence electrons. The first-order valence-corrected chi connectivity index (χ1v) is 6.04. The Labute approximate surface area is 109 Å². The Kier molecular flexibility index (Phi) is 5.19. The molecule has 0 saturated heterocycles. The second kappa shape index (κ2) is 6.22. The number of hydrogen-bond donors (Lipinski definition) is 1. The quantitative estimate of drug-likeness (QED) is 0.834. The number of nitrogens with zero attached hydrogens (tertiary/aromatic N) is 2. The van der Waals surface area contributed by atoms with Crippen molar-refractivity contribution in [3.63, 3.8) is 0 Å². The lowest BCUT2D eigenvalue weighted by Gasteiger charge is -2.16. The Morgan fingerprint density at radius 3 is 2.61 bits per heavy atom. The molecule has 0 fully saturated rings. The average Bonchev–Trinajstić information content (AvgIpc) is 2.12. The predicted octanol–water partition coefficient (Wildman–Crippen LogP) is 3.84. The number of hydrogen-bond acceptors (Lipinski definition) is 3. The molecule has 1 aromatic heterocycles. The molecule has 1 N–H and O–H groups in total. The van der Waals surface area contributed by atoms with E-state index in [1.807, 2.05) is 6.92 Å². The van der Waals surface area contributed by atoms with Gasteiger partial charge in [-0.3, -0.25) is 0 Å². The second-order valence-corrected chi connectivity index (χ2v) is 4.49. The molecule has 1 rings (SSSR count). The maximum Gasteiger partial charge on any atom is 0.391 e. The van der Waals surface area contributed by atoms with Gasteiger partial charge in [0, 0.05) is 18.5 Å². The fraction of sp³-hybridized carbons (Fsp3) is 0.636. The van der Waals surface area contributed by atoms with Crippen molar-refractivity contribution in [1.29, 1.82) is 0 Å². The van der Waals surface area contributed by atoms with E-state index in [-0.39, 0.29) is 5.15 Å². The summed E-state index contributed by atoms with van der Waals surface area (Å²) in [5.74, 6) is 0.863. The third kappa shape index (κ3) is 5.53. The van der Waals surface area contributed by atoms with E-state index in [0.717, 1.165) is 6.42 Å². The van der Waals surface area contributed by atoms with Gasteiger partial charge in [0.05, 0.1) is 6.42 Å². The molecule has 0 aliphatic rings. The fourth-order valence-corrected chi connectivity index (χ4v) is 1.73. The van der Waals surface area contributed by atoms with Gasteiger partial charge >= 0.3 is 6.18 Å². The van der Waals surface area contributed by atoms with E-state index < -0.39 is 18.6 Å². The molecule has 3 nitrogen and oxygen atoms in total. The predicted molar refractivity (Wildman–Crippen MR) is 64.8 cm³/mol. The third-order valence-electron chi connectivity index (χ3n) is 2.15. The first kappa shape index (κ1) is 15.0. The van der Waals surface area contributed by atoms with E-state index in [4.69, 9.17) is 11.6 Å². The monoisotopic (exact) mass is 281 g/mol.